The van der Waals surface area contributed by atoms with Gasteiger partial charge in [-0.3, -0.25) is 4.79 Å². The third-order valence-electron chi connectivity index (χ3n) is 4.35. The first kappa shape index (κ1) is 14.7. The molecule has 1 aliphatic rings. The fraction of sp³-hybridized carbons (Fsp3) is 0.200. The zero-order valence-electron chi connectivity index (χ0n) is 13.7. The Bertz CT molecular complexity index is 959. The van der Waals surface area contributed by atoms with Gasteiger partial charge in [0.05, 0.1) is 5.56 Å². The summed E-state index contributed by atoms with van der Waals surface area (Å²) in [5.41, 5.74) is 3.59. The lowest BCUT2D eigenvalue weighted by Gasteiger charge is -2.20. The van der Waals surface area contributed by atoms with Crippen LogP contribution in [0.15, 0.2) is 53.3 Å². The van der Waals surface area contributed by atoms with Gasteiger partial charge in [-0.25, -0.2) is 0 Å². The van der Waals surface area contributed by atoms with Crippen LogP contribution in [0.3, 0.4) is 0 Å². The minimum absolute atomic E-state index is 0.139. The van der Waals surface area contributed by atoms with E-state index in [2.05, 4.69) is 35.9 Å². The molecular formula is C20H18N2O2. The second kappa shape index (κ2) is 5.64. The summed E-state index contributed by atoms with van der Waals surface area (Å²) in [4.78, 5) is 19.9. The maximum atomic E-state index is 12.5. The SMILES string of the molecule is CC(C)c1ccc2c(c1)Cc1c(nc(-c3ccccc3)[nH]c1=O)O2. The molecule has 1 N–H and O–H groups in total. The van der Waals surface area contributed by atoms with Crippen LogP contribution in [0, 0.1) is 0 Å². The summed E-state index contributed by atoms with van der Waals surface area (Å²) < 4.78 is 5.92. The number of hydrogen-bond donors (Lipinski definition) is 1. The third-order valence-corrected chi connectivity index (χ3v) is 4.35. The number of fused-ring (bicyclic) bond motifs is 2. The van der Waals surface area contributed by atoms with Gasteiger partial charge in [0, 0.05) is 12.0 Å². The largest absolute Gasteiger partial charge is 0.438 e. The van der Waals surface area contributed by atoms with Crippen LogP contribution in [0.1, 0.15) is 36.5 Å². The predicted octanol–water partition coefficient (Wildman–Crippen LogP) is 4.26. The third kappa shape index (κ3) is 2.50. The molecule has 4 nitrogen and oxygen atoms in total. The molecule has 0 saturated carbocycles. The van der Waals surface area contributed by atoms with E-state index in [9.17, 15) is 4.79 Å². The number of hydrogen-bond acceptors (Lipinski definition) is 3. The second-order valence-electron chi connectivity index (χ2n) is 6.36. The molecule has 0 amide bonds. The van der Waals surface area contributed by atoms with Crippen molar-refractivity contribution in [2.75, 3.05) is 0 Å². The first-order valence-electron chi connectivity index (χ1n) is 8.11. The Morgan fingerprint density at radius 3 is 2.67 bits per heavy atom. The van der Waals surface area contributed by atoms with Crippen molar-refractivity contribution in [2.45, 2.75) is 26.2 Å². The minimum Gasteiger partial charge on any atom is -0.438 e. The molecule has 120 valence electrons. The van der Waals surface area contributed by atoms with Crippen LogP contribution in [-0.2, 0) is 6.42 Å². The van der Waals surface area contributed by atoms with Gasteiger partial charge in [-0.1, -0.05) is 56.3 Å². The standard InChI is InChI=1S/C20H18N2O2/c1-12(2)14-8-9-17-15(10-14)11-16-19(23)21-18(22-20(16)24-17)13-6-4-3-5-7-13/h3-10,12H,11H2,1-2H3,(H,21,22,23). The van der Waals surface area contributed by atoms with Gasteiger partial charge in [-0.15, -0.1) is 0 Å². The van der Waals surface area contributed by atoms with Crippen molar-refractivity contribution in [3.05, 3.63) is 75.6 Å². The van der Waals surface area contributed by atoms with Crippen molar-refractivity contribution in [1.29, 1.82) is 0 Å². The van der Waals surface area contributed by atoms with Crippen LogP contribution in [0.5, 0.6) is 11.6 Å². The molecule has 0 atom stereocenters. The Hall–Kier alpha value is -2.88. The summed E-state index contributed by atoms with van der Waals surface area (Å²) in [7, 11) is 0. The summed E-state index contributed by atoms with van der Waals surface area (Å²) in [6, 6.07) is 15.7. The van der Waals surface area contributed by atoms with Crippen LogP contribution < -0.4 is 10.3 Å². The van der Waals surface area contributed by atoms with Crippen molar-refractivity contribution >= 4 is 0 Å². The molecule has 0 fully saturated rings. The highest BCUT2D eigenvalue weighted by molar-refractivity contribution is 5.57. The number of benzene rings is 2. The van der Waals surface area contributed by atoms with E-state index in [1.54, 1.807) is 0 Å². The van der Waals surface area contributed by atoms with E-state index >= 15 is 0 Å². The molecule has 4 heteroatoms. The summed E-state index contributed by atoms with van der Waals surface area (Å²) in [5.74, 6) is 2.15. The van der Waals surface area contributed by atoms with Crippen molar-refractivity contribution in [2.24, 2.45) is 0 Å². The fourth-order valence-corrected chi connectivity index (χ4v) is 2.94. The van der Waals surface area contributed by atoms with Gasteiger partial charge < -0.3 is 9.72 Å². The highest BCUT2D eigenvalue weighted by Crippen LogP contribution is 2.35. The molecule has 4 rings (SSSR count). The quantitative estimate of drug-likeness (QED) is 0.601. The zero-order chi connectivity index (χ0) is 16.7. The molecule has 1 aliphatic heterocycles. The number of nitrogens with zero attached hydrogens (tertiary/aromatic N) is 1. The van der Waals surface area contributed by atoms with Crippen molar-refractivity contribution in [3.8, 4) is 23.0 Å². The van der Waals surface area contributed by atoms with Crippen molar-refractivity contribution < 1.29 is 4.74 Å². The highest BCUT2D eigenvalue weighted by Gasteiger charge is 2.23. The number of aromatic nitrogens is 2. The molecule has 0 bridgehead atoms. The number of H-pyrrole nitrogens is 1. The molecule has 0 unspecified atom stereocenters. The normalized spacial score (nSPS) is 12.5. The maximum absolute atomic E-state index is 12.5. The average Bonchev–Trinajstić information content (AvgIpc) is 2.60. The Morgan fingerprint density at radius 1 is 1.12 bits per heavy atom. The van der Waals surface area contributed by atoms with Crippen LogP contribution in [0.2, 0.25) is 0 Å². The van der Waals surface area contributed by atoms with E-state index in [0.717, 1.165) is 16.9 Å². The van der Waals surface area contributed by atoms with Crippen molar-refractivity contribution in [3.63, 3.8) is 0 Å². The number of rotatable bonds is 2. The molecule has 0 saturated heterocycles. The smallest absolute Gasteiger partial charge is 0.258 e. The van der Waals surface area contributed by atoms with E-state index in [1.807, 2.05) is 36.4 Å². The second-order valence-corrected chi connectivity index (χ2v) is 6.36. The Morgan fingerprint density at radius 2 is 1.92 bits per heavy atom. The molecular weight excluding hydrogens is 300 g/mol. The lowest BCUT2D eigenvalue weighted by molar-refractivity contribution is 0.437. The molecule has 3 aromatic rings. The van der Waals surface area contributed by atoms with Crippen LogP contribution in [-0.4, -0.2) is 9.97 Å². The first-order valence-corrected chi connectivity index (χ1v) is 8.11. The van der Waals surface area contributed by atoms with Gasteiger partial charge in [0.2, 0.25) is 5.88 Å². The monoisotopic (exact) mass is 318 g/mol. The molecule has 2 aromatic carbocycles. The fourth-order valence-electron chi connectivity index (χ4n) is 2.94. The topological polar surface area (TPSA) is 55.0 Å². The molecule has 24 heavy (non-hydrogen) atoms. The summed E-state index contributed by atoms with van der Waals surface area (Å²) in [5, 5.41) is 0. The van der Waals surface area contributed by atoms with Gasteiger partial charge >= 0.3 is 0 Å². The van der Waals surface area contributed by atoms with Gasteiger partial charge in [0.1, 0.15) is 11.6 Å². The van der Waals surface area contributed by atoms with Crippen LogP contribution in [0.25, 0.3) is 11.4 Å². The van der Waals surface area contributed by atoms with Gasteiger partial charge in [0.25, 0.3) is 5.56 Å². The summed E-state index contributed by atoms with van der Waals surface area (Å²) >= 11 is 0. The van der Waals surface area contributed by atoms with Gasteiger partial charge in [-0.05, 0) is 23.1 Å². The van der Waals surface area contributed by atoms with E-state index in [0.29, 0.717) is 29.6 Å². The summed E-state index contributed by atoms with van der Waals surface area (Å²) in [6.45, 7) is 4.31. The number of aromatic amines is 1. The van der Waals surface area contributed by atoms with E-state index in [4.69, 9.17) is 4.74 Å². The molecule has 0 spiro atoms. The predicted molar refractivity (Wildman–Crippen MR) is 93.7 cm³/mol. The minimum atomic E-state index is -0.139. The Balaban J connectivity index is 1.78. The Labute approximate surface area is 140 Å². The van der Waals surface area contributed by atoms with Gasteiger partial charge in [-0.2, -0.15) is 4.98 Å². The maximum Gasteiger partial charge on any atom is 0.258 e. The molecule has 1 aromatic heterocycles. The van der Waals surface area contributed by atoms with Crippen LogP contribution >= 0.6 is 0 Å². The van der Waals surface area contributed by atoms with E-state index in [1.165, 1.54) is 5.56 Å². The average molecular weight is 318 g/mol. The van der Waals surface area contributed by atoms with E-state index < -0.39 is 0 Å². The first-order chi connectivity index (χ1) is 11.6. The number of ether oxygens (including phenoxy) is 1. The van der Waals surface area contributed by atoms with E-state index in [-0.39, 0.29) is 5.56 Å². The Kier molecular flexibility index (Phi) is 3.45. The lowest BCUT2D eigenvalue weighted by atomic mass is 9.96. The molecule has 0 radical (unpaired) electrons. The lowest BCUT2D eigenvalue weighted by Crippen LogP contribution is -2.20. The molecule has 0 aliphatic carbocycles. The zero-order valence-corrected chi connectivity index (χ0v) is 13.7. The van der Waals surface area contributed by atoms with Crippen LogP contribution in [0.4, 0.5) is 0 Å². The number of nitrogens with one attached hydrogen (secondary N) is 1. The molecule has 2 heterocycles. The highest BCUT2D eigenvalue weighted by atomic mass is 16.5. The summed E-state index contributed by atoms with van der Waals surface area (Å²) in [6.07, 6.45) is 0.544. The van der Waals surface area contributed by atoms with Gasteiger partial charge in [0.15, 0.2) is 0 Å². The van der Waals surface area contributed by atoms with Crippen molar-refractivity contribution in [1.82, 2.24) is 9.97 Å².